The Morgan fingerprint density at radius 3 is 2.52 bits per heavy atom. The van der Waals surface area contributed by atoms with Crippen LogP contribution >= 0.6 is 11.8 Å². The standard InChI is InChI=1S/C28H25F3N6O7S2/c1-43-24-9-8-21(37(39)40)16-23(24)32-25(38)17-45-27-34-33-26(36(27)20-6-3-5-19(15-20)28(29,30)31)18-4-2-7-22(14-18)46(41,42)35-10-12-44-13-11-35/h2-9,14-16H,10-13,17H2,1H3,(H,32,38). The molecule has 0 saturated carbocycles. The minimum Gasteiger partial charge on any atom is -0.495 e. The van der Waals surface area contributed by atoms with E-state index in [4.69, 9.17) is 9.47 Å². The van der Waals surface area contributed by atoms with Crippen molar-refractivity contribution in [1.29, 1.82) is 0 Å². The highest BCUT2D eigenvalue weighted by atomic mass is 32.2. The van der Waals surface area contributed by atoms with Gasteiger partial charge in [-0.05, 0) is 36.4 Å². The maximum atomic E-state index is 13.7. The van der Waals surface area contributed by atoms with Crippen molar-refractivity contribution in [2.75, 3.05) is 44.5 Å². The first-order valence-corrected chi connectivity index (χ1v) is 15.9. The number of amides is 1. The number of halogens is 3. The average molecular weight is 679 g/mol. The molecule has 0 aliphatic carbocycles. The predicted octanol–water partition coefficient (Wildman–Crippen LogP) is 4.62. The summed E-state index contributed by atoms with van der Waals surface area (Å²) in [5.41, 5.74) is -0.924. The van der Waals surface area contributed by atoms with Crippen LogP contribution in [-0.4, -0.2) is 77.5 Å². The number of nitrogens with one attached hydrogen (secondary N) is 1. The Morgan fingerprint density at radius 1 is 1.09 bits per heavy atom. The van der Waals surface area contributed by atoms with Crippen molar-refractivity contribution >= 4 is 39.1 Å². The first kappa shape index (κ1) is 32.9. The van der Waals surface area contributed by atoms with E-state index in [9.17, 15) is 36.5 Å². The summed E-state index contributed by atoms with van der Waals surface area (Å²) in [7, 11) is -2.59. The molecule has 0 unspecified atom stereocenters. The van der Waals surface area contributed by atoms with Gasteiger partial charge in [-0.15, -0.1) is 10.2 Å². The summed E-state index contributed by atoms with van der Waals surface area (Å²) in [5, 5.41) is 22.0. The highest BCUT2D eigenvalue weighted by Gasteiger charge is 2.32. The zero-order valence-corrected chi connectivity index (χ0v) is 25.6. The number of carbonyl (C=O) groups excluding carboxylic acids is 1. The SMILES string of the molecule is COc1ccc([N+](=O)[O-])cc1NC(=O)CSc1nnc(-c2cccc(S(=O)(=O)N3CCOCC3)c2)n1-c1cccc(C(F)(F)F)c1. The molecule has 1 fully saturated rings. The maximum Gasteiger partial charge on any atom is 0.416 e. The van der Waals surface area contributed by atoms with Crippen molar-refractivity contribution in [3.63, 3.8) is 0 Å². The third-order valence-corrected chi connectivity index (χ3v) is 9.59. The smallest absolute Gasteiger partial charge is 0.416 e. The Hall–Kier alpha value is -4.52. The number of nitrogens with zero attached hydrogens (tertiary/aromatic N) is 5. The molecule has 1 aliphatic rings. The Labute approximate surface area is 264 Å². The van der Waals surface area contributed by atoms with Crippen molar-refractivity contribution in [2.45, 2.75) is 16.2 Å². The van der Waals surface area contributed by atoms with Crippen LogP contribution in [0.5, 0.6) is 5.75 Å². The van der Waals surface area contributed by atoms with Crippen LogP contribution < -0.4 is 10.1 Å². The number of hydrogen-bond acceptors (Lipinski definition) is 10. The van der Waals surface area contributed by atoms with E-state index in [1.807, 2.05) is 0 Å². The Morgan fingerprint density at radius 2 is 1.83 bits per heavy atom. The van der Waals surface area contributed by atoms with Crippen molar-refractivity contribution in [3.8, 4) is 22.8 Å². The third kappa shape index (κ3) is 7.14. The highest BCUT2D eigenvalue weighted by molar-refractivity contribution is 7.99. The minimum atomic E-state index is -4.67. The van der Waals surface area contributed by atoms with Gasteiger partial charge in [0.15, 0.2) is 11.0 Å². The number of thioether (sulfide) groups is 1. The number of nitro benzene ring substituents is 1. The lowest BCUT2D eigenvalue weighted by atomic mass is 10.1. The molecule has 1 aromatic heterocycles. The summed E-state index contributed by atoms with van der Waals surface area (Å²) >= 11 is 0.836. The van der Waals surface area contributed by atoms with Gasteiger partial charge in [0.25, 0.3) is 5.69 Å². The summed E-state index contributed by atoms with van der Waals surface area (Å²) in [6.07, 6.45) is -4.67. The molecule has 1 N–H and O–H groups in total. The zero-order chi connectivity index (χ0) is 33.1. The van der Waals surface area contributed by atoms with E-state index in [-0.39, 0.29) is 76.3 Å². The van der Waals surface area contributed by atoms with E-state index < -0.39 is 32.6 Å². The predicted molar refractivity (Wildman–Crippen MR) is 160 cm³/mol. The molecule has 1 saturated heterocycles. The van der Waals surface area contributed by atoms with Gasteiger partial charge in [0.1, 0.15) is 5.75 Å². The number of rotatable bonds is 10. The summed E-state index contributed by atoms with van der Waals surface area (Å²) in [6, 6.07) is 13.8. The highest BCUT2D eigenvalue weighted by Crippen LogP contribution is 2.35. The second-order valence-corrected chi connectivity index (χ2v) is 12.6. The van der Waals surface area contributed by atoms with Crippen molar-refractivity contribution in [3.05, 3.63) is 82.4 Å². The first-order chi connectivity index (χ1) is 21.9. The van der Waals surface area contributed by atoms with E-state index in [1.165, 1.54) is 58.4 Å². The monoisotopic (exact) mass is 678 g/mol. The van der Waals surface area contributed by atoms with Crippen LogP contribution in [0.25, 0.3) is 17.1 Å². The van der Waals surface area contributed by atoms with Crippen LogP contribution in [0.4, 0.5) is 24.5 Å². The van der Waals surface area contributed by atoms with E-state index in [0.717, 1.165) is 30.0 Å². The number of methoxy groups -OCH3 is 1. The molecule has 18 heteroatoms. The molecule has 13 nitrogen and oxygen atoms in total. The molecule has 1 amide bonds. The molecule has 2 heterocycles. The molecule has 1 aliphatic heterocycles. The lowest BCUT2D eigenvalue weighted by Crippen LogP contribution is -2.40. The van der Waals surface area contributed by atoms with E-state index in [0.29, 0.717) is 0 Å². The number of anilines is 1. The largest absolute Gasteiger partial charge is 0.495 e. The topological polar surface area (TPSA) is 159 Å². The molecular formula is C28H25F3N6O7S2. The fourth-order valence-electron chi connectivity index (χ4n) is 4.56. The van der Waals surface area contributed by atoms with E-state index in [2.05, 4.69) is 15.5 Å². The number of ether oxygens (including phenoxy) is 2. The number of benzene rings is 3. The van der Waals surface area contributed by atoms with E-state index in [1.54, 1.807) is 6.07 Å². The van der Waals surface area contributed by atoms with E-state index >= 15 is 0 Å². The lowest BCUT2D eigenvalue weighted by molar-refractivity contribution is -0.384. The number of morpholine rings is 1. The zero-order valence-electron chi connectivity index (χ0n) is 23.9. The minimum absolute atomic E-state index is 0.0135. The molecule has 0 spiro atoms. The molecule has 46 heavy (non-hydrogen) atoms. The summed E-state index contributed by atoms with van der Waals surface area (Å²) in [5.74, 6) is -0.747. The van der Waals surface area contributed by atoms with Gasteiger partial charge in [-0.25, -0.2) is 8.42 Å². The van der Waals surface area contributed by atoms with Crippen LogP contribution in [0, 0.1) is 10.1 Å². The van der Waals surface area contributed by atoms with Gasteiger partial charge in [0, 0.05) is 30.8 Å². The average Bonchev–Trinajstić information content (AvgIpc) is 3.48. The third-order valence-electron chi connectivity index (χ3n) is 6.77. The summed E-state index contributed by atoms with van der Waals surface area (Å²) < 4.78 is 80.6. The van der Waals surface area contributed by atoms with Crippen LogP contribution in [-0.2, 0) is 25.7 Å². The lowest BCUT2D eigenvalue weighted by Gasteiger charge is -2.26. The van der Waals surface area contributed by atoms with Crippen molar-refractivity contribution in [1.82, 2.24) is 19.1 Å². The molecule has 0 bridgehead atoms. The van der Waals surface area contributed by atoms with Crippen molar-refractivity contribution in [2.24, 2.45) is 0 Å². The fourth-order valence-corrected chi connectivity index (χ4v) is 6.77. The van der Waals surface area contributed by atoms with Gasteiger partial charge in [0.2, 0.25) is 15.9 Å². The van der Waals surface area contributed by atoms with Gasteiger partial charge in [-0.3, -0.25) is 19.5 Å². The van der Waals surface area contributed by atoms with Crippen molar-refractivity contribution < 1.29 is 40.8 Å². The normalized spacial score (nSPS) is 14.2. The van der Waals surface area contributed by atoms with Gasteiger partial charge >= 0.3 is 6.18 Å². The molecule has 3 aromatic carbocycles. The number of alkyl halides is 3. The van der Waals surface area contributed by atoms with Gasteiger partial charge < -0.3 is 14.8 Å². The number of non-ortho nitro benzene ring substituents is 1. The van der Waals surface area contributed by atoms with Gasteiger partial charge in [0.05, 0.1) is 52.8 Å². The number of nitro groups is 1. The molecule has 5 rings (SSSR count). The van der Waals surface area contributed by atoms with Crippen LogP contribution in [0.15, 0.2) is 76.8 Å². The molecule has 0 radical (unpaired) electrons. The molecular weight excluding hydrogens is 653 g/mol. The van der Waals surface area contributed by atoms with Crippen LogP contribution in [0.1, 0.15) is 5.56 Å². The van der Waals surface area contributed by atoms with Crippen LogP contribution in [0.2, 0.25) is 0 Å². The molecule has 0 atom stereocenters. The molecule has 4 aromatic rings. The number of carbonyl (C=O) groups is 1. The summed E-state index contributed by atoms with van der Waals surface area (Å²) in [4.78, 5) is 23.4. The maximum absolute atomic E-state index is 13.7. The van der Waals surface area contributed by atoms with Gasteiger partial charge in [-0.1, -0.05) is 30.0 Å². The Bertz CT molecular complexity index is 1880. The number of aromatic nitrogens is 3. The Kier molecular flexibility index (Phi) is 9.61. The van der Waals surface area contributed by atoms with Crippen LogP contribution in [0.3, 0.4) is 0 Å². The number of sulfonamides is 1. The second-order valence-electron chi connectivity index (χ2n) is 9.71. The quantitative estimate of drug-likeness (QED) is 0.143. The molecule has 242 valence electrons. The fraction of sp³-hybridized carbons (Fsp3) is 0.250. The van der Waals surface area contributed by atoms with Gasteiger partial charge in [-0.2, -0.15) is 17.5 Å². The Balaban J connectivity index is 1.49. The first-order valence-electron chi connectivity index (χ1n) is 13.4. The summed E-state index contributed by atoms with van der Waals surface area (Å²) in [6.45, 7) is 0.811. The number of hydrogen-bond donors (Lipinski definition) is 1. The second kappa shape index (κ2) is 13.5.